The van der Waals surface area contributed by atoms with Crippen molar-refractivity contribution < 1.29 is 9.53 Å². The van der Waals surface area contributed by atoms with E-state index in [-0.39, 0.29) is 12.1 Å². The molecule has 3 N–H and O–H groups in total. The van der Waals surface area contributed by atoms with Gasteiger partial charge in [0.25, 0.3) is 0 Å². The molecule has 1 amide bonds. The van der Waals surface area contributed by atoms with Gasteiger partial charge in [-0.25, -0.2) is 4.79 Å². The highest BCUT2D eigenvalue weighted by Gasteiger charge is 2.33. The molecule has 0 bridgehead atoms. The largest absolute Gasteiger partial charge is 0.453 e. The summed E-state index contributed by atoms with van der Waals surface area (Å²) in [5.74, 6) is 0.624. The van der Waals surface area contributed by atoms with Crippen LogP contribution in [0.5, 0.6) is 0 Å². The second-order valence-electron chi connectivity index (χ2n) is 5.82. The van der Waals surface area contributed by atoms with Crippen LogP contribution in [0, 0.1) is 5.92 Å². The summed E-state index contributed by atoms with van der Waals surface area (Å²) < 4.78 is 4.67. The number of hydrogen-bond acceptors (Lipinski definition) is 4. The Labute approximate surface area is 115 Å². The lowest BCUT2D eigenvalue weighted by atomic mass is 9.94. The van der Waals surface area contributed by atoms with E-state index < -0.39 is 0 Å². The minimum Gasteiger partial charge on any atom is -0.453 e. The van der Waals surface area contributed by atoms with Crippen molar-refractivity contribution in [2.24, 2.45) is 11.7 Å². The third kappa shape index (κ3) is 3.83. The first-order valence-electron chi connectivity index (χ1n) is 7.53. The van der Waals surface area contributed by atoms with Crippen LogP contribution in [0.25, 0.3) is 0 Å². The third-order valence-electron chi connectivity index (χ3n) is 4.62. The monoisotopic (exact) mass is 269 g/mol. The number of ether oxygens (including phenoxy) is 1. The molecular formula is C14H27N3O2. The number of amides is 1. The number of carbonyl (C=O) groups excluding carboxylic acids is 1. The maximum absolute atomic E-state index is 11.3. The molecule has 2 rings (SSSR count). The van der Waals surface area contributed by atoms with E-state index in [0.717, 1.165) is 26.1 Å². The van der Waals surface area contributed by atoms with Gasteiger partial charge in [-0.3, -0.25) is 4.90 Å². The first-order chi connectivity index (χ1) is 9.24. The molecule has 5 heteroatoms. The van der Waals surface area contributed by atoms with Crippen molar-refractivity contribution in [3.63, 3.8) is 0 Å². The molecule has 1 aliphatic carbocycles. The first-order valence-corrected chi connectivity index (χ1v) is 7.53. The lowest BCUT2D eigenvalue weighted by molar-refractivity contribution is 0.154. The van der Waals surface area contributed by atoms with Gasteiger partial charge in [0.2, 0.25) is 0 Å². The Bertz CT molecular complexity index is 298. The minimum atomic E-state index is -0.317. The summed E-state index contributed by atoms with van der Waals surface area (Å²) in [7, 11) is 1.41. The van der Waals surface area contributed by atoms with Crippen molar-refractivity contribution in [2.75, 3.05) is 26.7 Å². The van der Waals surface area contributed by atoms with E-state index in [1.54, 1.807) is 0 Å². The number of rotatable bonds is 3. The van der Waals surface area contributed by atoms with E-state index in [0.29, 0.717) is 12.0 Å². The minimum absolute atomic E-state index is 0.231. The molecule has 0 aromatic carbocycles. The molecule has 0 spiro atoms. The highest BCUT2D eigenvalue weighted by molar-refractivity contribution is 5.67. The number of nitrogens with two attached hydrogens (primary N) is 1. The first kappa shape index (κ1) is 14.6. The molecule has 110 valence electrons. The van der Waals surface area contributed by atoms with E-state index in [1.807, 2.05) is 0 Å². The topological polar surface area (TPSA) is 67.6 Å². The maximum Gasteiger partial charge on any atom is 0.407 e. The van der Waals surface area contributed by atoms with E-state index in [2.05, 4.69) is 15.0 Å². The van der Waals surface area contributed by atoms with E-state index in [1.165, 1.54) is 39.2 Å². The highest BCUT2D eigenvalue weighted by atomic mass is 16.5. The number of nitrogens with one attached hydrogen (secondary N) is 1. The summed E-state index contributed by atoms with van der Waals surface area (Å²) in [5, 5.41) is 2.91. The number of methoxy groups -OCH3 is 1. The van der Waals surface area contributed by atoms with Gasteiger partial charge in [-0.2, -0.15) is 0 Å². The van der Waals surface area contributed by atoms with E-state index >= 15 is 0 Å². The van der Waals surface area contributed by atoms with Crippen molar-refractivity contribution >= 4 is 6.09 Å². The molecule has 5 nitrogen and oxygen atoms in total. The SMILES string of the molecule is COC(=O)NC1CCN(C2CCCCCC2CN)C1. The van der Waals surface area contributed by atoms with Crippen molar-refractivity contribution in [3.05, 3.63) is 0 Å². The fourth-order valence-electron chi connectivity index (χ4n) is 3.55. The van der Waals surface area contributed by atoms with E-state index in [9.17, 15) is 4.79 Å². The summed E-state index contributed by atoms with van der Waals surface area (Å²) in [5.41, 5.74) is 5.95. The molecule has 1 aliphatic heterocycles. The normalized spacial score (nSPS) is 32.8. The number of alkyl carbamates (subject to hydrolysis) is 1. The quantitative estimate of drug-likeness (QED) is 0.758. The Morgan fingerprint density at radius 3 is 2.84 bits per heavy atom. The maximum atomic E-state index is 11.3. The molecule has 0 aromatic rings. The van der Waals surface area contributed by atoms with Gasteiger partial charge >= 0.3 is 6.09 Å². The summed E-state index contributed by atoms with van der Waals surface area (Å²) in [6, 6.07) is 0.839. The smallest absolute Gasteiger partial charge is 0.407 e. The van der Waals surface area contributed by atoms with Crippen LogP contribution in [-0.2, 0) is 4.74 Å². The van der Waals surface area contributed by atoms with Gasteiger partial charge in [-0.15, -0.1) is 0 Å². The van der Waals surface area contributed by atoms with Crippen LogP contribution in [-0.4, -0.2) is 49.8 Å². The van der Waals surface area contributed by atoms with E-state index in [4.69, 9.17) is 5.73 Å². The Kier molecular flexibility index (Phi) is 5.45. The lowest BCUT2D eigenvalue weighted by Crippen LogP contribution is -2.44. The van der Waals surface area contributed by atoms with Gasteiger partial charge in [-0.1, -0.05) is 19.3 Å². The van der Waals surface area contributed by atoms with Gasteiger partial charge in [0.15, 0.2) is 0 Å². The van der Waals surface area contributed by atoms with Crippen molar-refractivity contribution in [2.45, 2.75) is 50.6 Å². The average Bonchev–Trinajstić information content (AvgIpc) is 2.74. The molecule has 19 heavy (non-hydrogen) atoms. The molecule has 1 saturated heterocycles. The lowest BCUT2D eigenvalue weighted by Gasteiger charge is -2.33. The summed E-state index contributed by atoms with van der Waals surface area (Å²) in [6.07, 6.45) is 7.18. The molecular weight excluding hydrogens is 242 g/mol. The summed E-state index contributed by atoms with van der Waals surface area (Å²) in [4.78, 5) is 13.8. The standard InChI is InChI=1S/C14H27N3O2/c1-19-14(18)16-12-7-8-17(10-12)13-6-4-2-3-5-11(13)9-15/h11-13H,2-10,15H2,1H3,(H,16,18). The van der Waals surface area contributed by atoms with Crippen molar-refractivity contribution in [3.8, 4) is 0 Å². The fourth-order valence-corrected chi connectivity index (χ4v) is 3.55. The van der Waals surface area contributed by atoms with Crippen LogP contribution in [0.15, 0.2) is 0 Å². The number of likely N-dealkylation sites (tertiary alicyclic amines) is 1. The molecule has 2 aliphatic rings. The van der Waals surface area contributed by atoms with Crippen molar-refractivity contribution in [1.82, 2.24) is 10.2 Å². The molecule has 3 unspecified atom stereocenters. The Morgan fingerprint density at radius 2 is 2.11 bits per heavy atom. The predicted octanol–water partition coefficient (Wildman–Crippen LogP) is 1.32. The summed E-state index contributed by atoms with van der Waals surface area (Å²) >= 11 is 0. The Balaban J connectivity index is 1.88. The zero-order valence-electron chi connectivity index (χ0n) is 11.9. The third-order valence-corrected chi connectivity index (χ3v) is 4.62. The molecule has 1 saturated carbocycles. The molecule has 2 fully saturated rings. The Hall–Kier alpha value is -0.810. The van der Waals surface area contributed by atoms with Crippen LogP contribution < -0.4 is 11.1 Å². The zero-order valence-corrected chi connectivity index (χ0v) is 11.9. The van der Waals surface area contributed by atoms with Gasteiger partial charge in [0.05, 0.1) is 7.11 Å². The Morgan fingerprint density at radius 1 is 1.32 bits per heavy atom. The molecule has 0 radical (unpaired) electrons. The zero-order chi connectivity index (χ0) is 13.7. The highest BCUT2D eigenvalue weighted by Crippen LogP contribution is 2.29. The summed E-state index contributed by atoms with van der Waals surface area (Å²) in [6.45, 7) is 2.79. The van der Waals surface area contributed by atoms with Crippen LogP contribution >= 0.6 is 0 Å². The molecule has 0 aromatic heterocycles. The fraction of sp³-hybridized carbons (Fsp3) is 0.929. The number of carbonyl (C=O) groups is 1. The molecule has 1 heterocycles. The molecule has 3 atom stereocenters. The van der Waals surface area contributed by atoms with Gasteiger partial charge in [0, 0.05) is 25.2 Å². The van der Waals surface area contributed by atoms with Gasteiger partial charge in [-0.05, 0) is 31.7 Å². The second-order valence-corrected chi connectivity index (χ2v) is 5.82. The number of nitrogens with zero attached hydrogens (tertiary/aromatic N) is 1. The van der Waals surface area contributed by atoms with Crippen LogP contribution in [0.4, 0.5) is 4.79 Å². The predicted molar refractivity (Wildman–Crippen MR) is 74.9 cm³/mol. The van der Waals surface area contributed by atoms with Gasteiger partial charge in [0.1, 0.15) is 0 Å². The van der Waals surface area contributed by atoms with Crippen LogP contribution in [0.1, 0.15) is 38.5 Å². The van der Waals surface area contributed by atoms with Gasteiger partial charge < -0.3 is 15.8 Å². The second kappa shape index (κ2) is 7.10. The number of hydrogen-bond donors (Lipinski definition) is 2. The van der Waals surface area contributed by atoms with Crippen LogP contribution in [0.3, 0.4) is 0 Å². The van der Waals surface area contributed by atoms with Crippen LogP contribution in [0.2, 0.25) is 0 Å². The van der Waals surface area contributed by atoms with Crippen molar-refractivity contribution in [1.29, 1.82) is 0 Å². The average molecular weight is 269 g/mol.